The number of hydrogen-bond donors (Lipinski definition) is 1. The first-order valence-electron chi connectivity index (χ1n) is 7.23. The zero-order chi connectivity index (χ0) is 13.5. The molecule has 0 bridgehead atoms. The number of aryl methyl sites for hydroxylation is 1. The Kier molecular flexibility index (Phi) is 5.83. The van der Waals surface area contributed by atoms with Crippen molar-refractivity contribution in [2.45, 2.75) is 31.7 Å². The zero-order valence-electron chi connectivity index (χ0n) is 11.8. The third kappa shape index (κ3) is 4.03. The summed E-state index contributed by atoms with van der Waals surface area (Å²) in [5.41, 5.74) is 9.13. The number of rotatable bonds is 7. The average molecular weight is 263 g/mol. The van der Waals surface area contributed by atoms with Crippen LogP contribution in [0.5, 0.6) is 0 Å². The van der Waals surface area contributed by atoms with Gasteiger partial charge in [0.15, 0.2) is 0 Å². The van der Waals surface area contributed by atoms with E-state index in [0.29, 0.717) is 5.92 Å². The average Bonchev–Trinajstić information content (AvgIpc) is 2.45. The predicted molar refractivity (Wildman–Crippen MR) is 77.1 cm³/mol. The van der Waals surface area contributed by atoms with Crippen molar-refractivity contribution in [3.05, 3.63) is 35.4 Å². The summed E-state index contributed by atoms with van der Waals surface area (Å²) in [7, 11) is 1.72. The van der Waals surface area contributed by atoms with Crippen LogP contribution in [0.2, 0.25) is 0 Å². The van der Waals surface area contributed by atoms with E-state index in [0.717, 1.165) is 39.1 Å². The molecule has 0 fully saturated rings. The van der Waals surface area contributed by atoms with E-state index in [1.165, 1.54) is 17.5 Å². The van der Waals surface area contributed by atoms with Gasteiger partial charge in [-0.15, -0.1) is 0 Å². The van der Waals surface area contributed by atoms with Gasteiger partial charge in [0.05, 0.1) is 0 Å². The van der Waals surface area contributed by atoms with E-state index in [1.54, 1.807) is 7.11 Å². The minimum atomic E-state index is 0.174. The molecule has 1 aromatic carbocycles. The quantitative estimate of drug-likeness (QED) is 0.769. The van der Waals surface area contributed by atoms with Crippen molar-refractivity contribution in [1.29, 1.82) is 0 Å². The fourth-order valence-corrected chi connectivity index (χ4v) is 2.83. The molecule has 1 aliphatic carbocycles. The summed E-state index contributed by atoms with van der Waals surface area (Å²) < 4.78 is 10.6. The van der Waals surface area contributed by atoms with Crippen LogP contribution in [-0.4, -0.2) is 26.9 Å². The van der Waals surface area contributed by atoms with Gasteiger partial charge in [-0.25, -0.2) is 0 Å². The lowest BCUT2D eigenvalue weighted by molar-refractivity contribution is 0.0896. The second-order valence-electron chi connectivity index (χ2n) is 5.27. The minimum absolute atomic E-state index is 0.174. The maximum atomic E-state index is 6.38. The van der Waals surface area contributed by atoms with Crippen molar-refractivity contribution in [1.82, 2.24) is 0 Å². The molecule has 0 saturated carbocycles. The second-order valence-corrected chi connectivity index (χ2v) is 5.27. The lowest BCUT2D eigenvalue weighted by Crippen LogP contribution is -2.28. The number of nitrogens with two attached hydrogens (primary N) is 1. The summed E-state index contributed by atoms with van der Waals surface area (Å²) in [6.45, 7) is 2.37. The standard InChI is InChI=1S/C16H25NO2/c1-18-10-4-11-19-12-9-14-8-7-13-5-2-3-6-15(13)16(14)17/h2-3,5-6,14,16H,4,7-12,17H2,1H3. The normalized spacial score (nSPS) is 22.2. The minimum Gasteiger partial charge on any atom is -0.385 e. The van der Waals surface area contributed by atoms with Crippen molar-refractivity contribution < 1.29 is 9.47 Å². The molecule has 0 heterocycles. The van der Waals surface area contributed by atoms with Gasteiger partial charge in [-0.2, -0.15) is 0 Å². The first kappa shape index (κ1) is 14.5. The van der Waals surface area contributed by atoms with Crippen LogP contribution in [-0.2, 0) is 15.9 Å². The van der Waals surface area contributed by atoms with E-state index < -0.39 is 0 Å². The van der Waals surface area contributed by atoms with Crippen LogP contribution in [0, 0.1) is 5.92 Å². The van der Waals surface area contributed by atoms with Crippen LogP contribution in [0.15, 0.2) is 24.3 Å². The Hall–Kier alpha value is -0.900. The SMILES string of the molecule is COCCCOCCC1CCc2ccccc2C1N. The summed E-state index contributed by atoms with van der Waals surface area (Å²) in [5.74, 6) is 0.553. The van der Waals surface area contributed by atoms with E-state index in [2.05, 4.69) is 24.3 Å². The Balaban J connectivity index is 1.74. The van der Waals surface area contributed by atoms with Crippen molar-refractivity contribution in [3.63, 3.8) is 0 Å². The van der Waals surface area contributed by atoms with Crippen molar-refractivity contribution >= 4 is 0 Å². The van der Waals surface area contributed by atoms with Gasteiger partial charge in [-0.05, 0) is 42.7 Å². The summed E-state index contributed by atoms with van der Waals surface area (Å²) >= 11 is 0. The van der Waals surface area contributed by atoms with Crippen LogP contribution in [0.25, 0.3) is 0 Å². The second kappa shape index (κ2) is 7.63. The molecule has 1 aliphatic rings. The third-order valence-electron chi connectivity index (χ3n) is 3.98. The largest absolute Gasteiger partial charge is 0.385 e. The van der Waals surface area contributed by atoms with E-state index in [1.807, 2.05) is 0 Å². The summed E-state index contributed by atoms with van der Waals surface area (Å²) in [6, 6.07) is 8.73. The molecule has 2 unspecified atom stereocenters. The number of fused-ring (bicyclic) bond motifs is 1. The van der Waals surface area contributed by atoms with Crippen LogP contribution in [0.1, 0.15) is 36.4 Å². The highest BCUT2D eigenvalue weighted by Crippen LogP contribution is 2.34. The predicted octanol–water partition coefficient (Wildman–Crippen LogP) is 2.69. The number of methoxy groups -OCH3 is 1. The summed E-state index contributed by atoms with van der Waals surface area (Å²) in [5, 5.41) is 0. The molecular weight excluding hydrogens is 238 g/mol. The number of hydrogen-bond acceptors (Lipinski definition) is 3. The molecule has 0 amide bonds. The van der Waals surface area contributed by atoms with Gasteiger partial charge >= 0.3 is 0 Å². The van der Waals surface area contributed by atoms with Gasteiger partial charge < -0.3 is 15.2 Å². The van der Waals surface area contributed by atoms with Gasteiger partial charge in [0.2, 0.25) is 0 Å². The molecule has 0 aliphatic heterocycles. The van der Waals surface area contributed by atoms with E-state index in [9.17, 15) is 0 Å². The van der Waals surface area contributed by atoms with E-state index >= 15 is 0 Å². The molecule has 1 aromatic rings. The number of ether oxygens (including phenoxy) is 2. The van der Waals surface area contributed by atoms with Gasteiger partial charge in [0, 0.05) is 33.0 Å². The molecule has 0 radical (unpaired) electrons. The summed E-state index contributed by atoms with van der Waals surface area (Å²) in [4.78, 5) is 0. The Morgan fingerprint density at radius 3 is 2.89 bits per heavy atom. The highest BCUT2D eigenvalue weighted by atomic mass is 16.5. The van der Waals surface area contributed by atoms with Gasteiger partial charge in [-0.1, -0.05) is 24.3 Å². The van der Waals surface area contributed by atoms with Crippen LogP contribution in [0.4, 0.5) is 0 Å². The Morgan fingerprint density at radius 1 is 1.21 bits per heavy atom. The van der Waals surface area contributed by atoms with Gasteiger partial charge in [0.25, 0.3) is 0 Å². The van der Waals surface area contributed by atoms with Gasteiger partial charge in [-0.3, -0.25) is 0 Å². The topological polar surface area (TPSA) is 44.5 Å². The molecular formula is C16H25NO2. The molecule has 106 valence electrons. The van der Waals surface area contributed by atoms with Crippen molar-refractivity contribution in [2.24, 2.45) is 11.7 Å². The fourth-order valence-electron chi connectivity index (χ4n) is 2.83. The Morgan fingerprint density at radius 2 is 2.05 bits per heavy atom. The molecule has 2 atom stereocenters. The molecule has 2 rings (SSSR count). The molecule has 0 aromatic heterocycles. The molecule has 0 saturated heterocycles. The maximum absolute atomic E-state index is 6.38. The summed E-state index contributed by atoms with van der Waals surface area (Å²) in [6.07, 6.45) is 4.36. The van der Waals surface area contributed by atoms with Crippen molar-refractivity contribution in [2.75, 3.05) is 26.9 Å². The molecule has 3 nitrogen and oxygen atoms in total. The highest BCUT2D eigenvalue weighted by Gasteiger charge is 2.25. The lowest BCUT2D eigenvalue weighted by atomic mass is 9.79. The Bertz CT molecular complexity index is 381. The van der Waals surface area contributed by atoms with Crippen molar-refractivity contribution in [3.8, 4) is 0 Å². The molecule has 3 heteroatoms. The van der Waals surface area contributed by atoms with Crippen LogP contribution >= 0.6 is 0 Å². The highest BCUT2D eigenvalue weighted by molar-refractivity contribution is 5.32. The molecule has 0 spiro atoms. The molecule has 19 heavy (non-hydrogen) atoms. The van der Waals surface area contributed by atoms with Crippen LogP contribution < -0.4 is 5.73 Å². The zero-order valence-corrected chi connectivity index (χ0v) is 11.8. The Labute approximate surface area is 116 Å². The maximum Gasteiger partial charge on any atom is 0.0487 e. The number of benzene rings is 1. The van der Waals surface area contributed by atoms with E-state index in [-0.39, 0.29) is 6.04 Å². The first-order chi connectivity index (χ1) is 9.33. The van der Waals surface area contributed by atoms with E-state index in [4.69, 9.17) is 15.2 Å². The fraction of sp³-hybridized carbons (Fsp3) is 0.625. The van der Waals surface area contributed by atoms with Crippen LogP contribution in [0.3, 0.4) is 0 Å². The first-order valence-corrected chi connectivity index (χ1v) is 7.23. The molecule has 2 N–H and O–H groups in total. The smallest absolute Gasteiger partial charge is 0.0487 e. The third-order valence-corrected chi connectivity index (χ3v) is 3.98. The monoisotopic (exact) mass is 263 g/mol. The lowest BCUT2D eigenvalue weighted by Gasteiger charge is -2.31. The van der Waals surface area contributed by atoms with Gasteiger partial charge in [0.1, 0.15) is 0 Å².